The molecule has 2 aromatic rings. The molecule has 1 aliphatic rings. The SMILES string of the molecule is NC(N)=NC(=O)OCc1cccc(COc2cnc(N3CCOCC3)nc2)c1F. The Labute approximate surface area is 166 Å². The summed E-state index contributed by atoms with van der Waals surface area (Å²) in [4.78, 5) is 25.1. The van der Waals surface area contributed by atoms with Gasteiger partial charge in [-0.1, -0.05) is 18.2 Å². The first-order chi connectivity index (χ1) is 14.0. The summed E-state index contributed by atoms with van der Waals surface area (Å²) in [5.74, 6) is 0.0257. The number of morpholine rings is 1. The van der Waals surface area contributed by atoms with Gasteiger partial charge in [0.05, 0.1) is 25.6 Å². The van der Waals surface area contributed by atoms with Crippen LogP contribution in [0.15, 0.2) is 35.6 Å². The van der Waals surface area contributed by atoms with E-state index in [1.54, 1.807) is 12.1 Å². The Morgan fingerprint density at radius 2 is 1.83 bits per heavy atom. The molecule has 0 atom stereocenters. The van der Waals surface area contributed by atoms with Gasteiger partial charge in [-0.3, -0.25) is 0 Å². The topological polar surface area (TPSA) is 138 Å². The quantitative estimate of drug-likeness (QED) is 0.532. The van der Waals surface area contributed by atoms with Gasteiger partial charge < -0.3 is 30.6 Å². The number of carbonyl (C=O) groups excluding carboxylic acids is 1. The molecule has 3 rings (SSSR count). The van der Waals surface area contributed by atoms with Gasteiger partial charge in [0.1, 0.15) is 19.0 Å². The molecule has 1 fully saturated rings. The third-order valence-corrected chi connectivity index (χ3v) is 4.03. The molecule has 1 saturated heterocycles. The van der Waals surface area contributed by atoms with E-state index in [2.05, 4.69) is 15.0 Å². The van der Waals surface area contributed by atoms with E-state index in [9.17, 15) is 9.18 Å². The molecule has 2 heterocycles. The van der Waals surface area contributed by atoms with E-state index in [0.29, 0.717) is 24.9 Å². The molecule has 1 aromatic carbocycles. The van der Waals surface area contributed by atoms with Crippen molar-refractivity contribution in [2.24, 2.45) is 16.5 Å². The van der Waals surface area contributed by atoms with Gasteiger partial charge in [0.2, 0.25) is 5.95 Å². The second-order valence-electron chi connectivity index (χ2n) is 6.09. The first kappa shape index (κ1) is 20.3. The molecule has 1 aromatic heterocycles. The fourth-order valence-corrected chi connectivity index (χ4v) is 2.60. The Balaban J connectivity index is 1.57. The summed E-state index contributed by atoms with van der Waals surface area (Å²) in [6.45, 7) is 2.38. The molecule has 0 radical (unpaired) electrons. The number of aromatic nitrogens is 2. The maximum absolute atomic E-state index is 14.6. The second-order valence-corrected chi connectivity index (χ2v) is 6.09. The van der Waals surface area contributed by atoms with Crippen LogP contribution in [0.5, 0.6) is 5.75 Å². The Bertz CT molecular complexity index is 867. The number of nitrogens with zero attached hydrogens (tertiary/aromatic N) is 4. The largest absolute Gasteiger partial charge is 0.486 e. The van der Waals surface area contributed by atoms with Crippen LogP contribution in [-0.2, 0) is 22.7 Å². The number of aliphatic imine (C=N–C) groups is 1. The third-order valence-electron chi connectivity index (χ3n) is 4.03. The average Bonchev–Trinajstić information content (AvgIpc) is 2.73. The molecule has 29 heavy (non-hydrogen) atoms. The smallest absolute Gasteiger partial charge is 0.437 e. The number of carbonyl (C=O) groups is 1. The summed E-state index contributed by atoms with van der Waals surface area (Å²) in [6.07, 6.45) is 2.08. The monoisotopic (exact) mass is 404 g/mol. The van der Waals surface area contributed by atoms with Crippen molar-refractivity contribution in [2.75, 3.05) is 31.2 Å². The van der Waals surface area contributed by atoms with E-state index >= 15 is 0 Å². The van der Waals surface area contributed by atoms with Crippen molar-refractivity contribution in [2.45, 2.75) is 13.2 Å². The lowest BCUT2D eigenvalue weighted by Crippen LogP contribution is -2.37. The third kappa shape index (κ3) is 5.75. The number of hydrogen-bond acceptors (Lipinski definition) is 7. The van der Waals surface area contributed by atoms with Crippen LogP contribution in [0.2, 0.25) is 0 Å². The van der Waals surface area contributed by atoms with Gasteiger partial charge >= 0.3 is 6.09 Å². The Morgan fingerprint density at radius 3 is 2.48 bits per heavy atom. The van der Waals surface area contributed by atoms with Crippen LogP contribution in [0.1, 0.15) is 11.1 Å². The first-order valence-corrected chi connectivity index (χ1v) is 8.83. The van der Waals surface area contributed by atoms with E-state index in [1.165, 1.54) is 18.5 Å². The number of benzene rings is 1. The molecule has 0 spiro atoms. The summed E-state index contributed by atoms with van der Waals surface area (Å²) in [5.41, 5.74) is 10.6. The number of rotatable bonds is 6. The predicted octanol–water partition coefficient (Wildman–Crippen LogP) is 0.941. The Morgan fingerprint density at radius 1 is 1.17 bits per heavy atom. The zero-order valence-corrected chi connectivity index (χ0v) is 15.6. The van der Waals surface area contributed by atoms with Crippen molar-refractivity contribution in [3.8, 4) is 5.75 Å². The highest BCUT2D eigenvalue weighted by molar-refractivity contribution is 5.87. The fraction of sp³-hybridized carbons (Fsp3) is 0.333. The lowest BCUT2D eigenvalue weighted by molar-refractivity contribution is 0.122. The van der Waals surface area contributed by atoms with Crippen molar-refractivity contribution < 1.29 is 23.4 Å². The molecule has 10 nitrogen and oxygen atoms in total. The second kappa shape index (κ2) is 9.64. The van der Waals surface area contributed by atoms with Crippen molar-refractivity contribution >= 4 is 18.0 Å². The minimum atomic E-state index is -0.997. The number of anilines is 1. The number of hydrogen-bond donors (Lipinski definition) is 2. The van der Waals surface area contributed by atoms with Crippen LogP contribution >= 0.6 is 0 Å². The molecule has 4 N–H and O–H groups in total. The van der Waals surface area contributed by atoms with Gasteiger partial charge in [-0.15, -0.1) is 4.99 Å². The summed E-state index contributed by atoms with van der Waals surface area (Å²) in [7, 11) is 0. The number of ether oxygens (including phenoxy) is 3. The summed E-state index contributed by atoms with van der Waals surface area (Å²) in [5, 5.41) is 0. The number of amides is 1. The Kier molecular flexibility index (Phi) is 6.74. The molecule has 1 aliphatic heterocycles. The highest BCUT2D eigenvalue weighted by Gasteiger charge is 2.14. The van der Waals surface area contributed by atoms with Crippen molar-refractivity contribution in [1.29, 1.82) is 0 Å². The van der Waals surface area contributed by atoms with Crippen molar-refractivity contribution in [1.82, 2.24) is 9.97 Å². The predicted molar refractivity (Wildman–Crippen MR) is 102 cm³/mol. The van der Waals surface area contributed by atoms with Gasteiger partial charge in [-0.25, -0.2) is 19.2 Å². The van der Waals surface area contributed by atoms with E-state index < -0.39 is 17.9 Å². The van der Waals surface area contributed by atoms with Gasteiger partial charge in [0, 0.05) is 24.2 Å². The maximum atomic E-state index is 14.6. The van der Waals surface area contributed by atoms with Crippen LogP contribution in [0.3, 0.4) is 0 Å². The zero-order chi connectivity index (χ0) is 20.6. The van der Waals surface area contributed by atoms with Crippen molar-refractivity contribution in [3.05, 3.63) is 47.5 Å². The maximum Gasteiger partial charge on any atom is 0.437 e. The molecular formula is C18H21FN6O4. The first-order valence-electron chi connectivity index (χ1n) is 8.83. The highest BCUT2D eigenvalue weighted by atomic mass is 19.1. The van der Waals surface area contributed by atoms with Crippen LogP contribution in [0, 0.1) is 5.82 Å². The van der Waals surface area contributed by atoms with Crippen LogP contribution in [0.4, 0.5) is 15.1 Å². The zero-order valence-electron chi connectivity index (χ0n) is 15.6. The van der Waals surface area contributed by atoms with Crippen LogP contribution in [-0.4, -0.2) is 48.3 Å². The van der Waals surface area contributed by atoms with Crippen LogP contribution in [0.25, 0.3) is 0 Å². The van der Waals surface area contributed by atoms with Gasteiger partial charge in [0.25, 0.3) is 0 Å². The number of halogens is 1. The average molecular weight is 404 g/mol. The van der Waals surface area contributed by atoms with E-state index in [-0.39, 0.29) is 24.3 Å². The van der Waals surface area contributed by atoms with Gasteiger partial charge in [-0.05, 0) is 0 Å². The molecule has 0 unspecified atom stereocenters. The van der Waals surface area contributed by atoms with Gasteiger partial charge in [-0.2, -0.15) is 0 Å². The highest BCUT2D eigenvalue weighted by Crippen LogP contribution is 2.18. The number of nitrogens with two attached hydrogens (primary N) is 2. The van der Waals surface area contributed by atoms with Gasteiger partial charge in [0.15, 0.2) is 11.7 Å². The molecule has 0 bridgehead atoms. The van der Waals surface area contributed by atoms with E-state index in [4.69, 9.17) is 25.7 Å². The molecule has 0 aliphatic carbocycles. The summed E-state index contributed by atoms with van der Waals surface area (Å²) >= 11 is 0. The number of guanidine groups is 1. The molecule has 11 heteroatoms. The minimum Gasteiger partial charge on any atom is -0.486 e. The van der Waals surface area contributed by atoms with E-state index in [1.807, 2.05) is 4.90 Å². The normalized spacial score (nSPS) is 13.6. The molecular weight excluding hydrogens is 383 g/mol. The lowest BCUT2D eigenvalue weighted by atomic mass is 10.1. The van der Waals surface area contributed by atoms with Crippen LogP contribution < -0.4 is 21.1 Å². The van der Waals surface area contributed by atoms with E-state index in [0.717, 1.165) is 13.1 Å². The summed E-state index contributed by atoms with van der Waals surface area (Å²) in [6, 6.07) is 4.69. The standard InChI is InChI=1S/C18H21FN6O4/c19-15-12(2-1-3-13(15)11-29-18(26)24-16(20)21)10-28-14-8-22-17(23-9-14)25-4-6-27-7-5-25/h1-3,8-9H,4-7,10-11H2,(H4,20,21,24,26). The molecule has 154 valence electrons. The Hall–Kier alpha value is -3.47. The fourth-order valence-electron chi connectivity index (χ4n) is 2.60. The molecule has 0 saturated carbocycles. The lowest BCUT2D eigenvalue weighted by Gasteiger charge is -2.26. The van der Waals surface area contributed by atoms with Crippen molar-refractivity contribution in [3.63, 3.8) is 0 Å². The minimum absolute atomic E-state index is 0.0399. The molecule has 1 amide bonds. The summed E-state index contributed by atoms with van der Waals surface area (Å²) < 4.78 is 30.3.